The minimum absolute atomic E-state index is 0.0917. The summed E-state index contributed by atoms with van der Waals surface area (Å²) in [5.41, 5.74) is 2.51. The second kappa shape index (κ2) is 7.81. The van der Waals surface area contributed by atoms with E-state index in [1.807, 2.05) is 18.2 Å². The van der Waals surface area contributed by atoms with Crippen LogP contribution >= 0.6 is 0 Å². The van der Waals surface area contributed by atoms with Crippen molar-refractivity contribution in [1.82, 2.24) is 0 Å². The van der Waals surface area contributed by atoms with Crippen molar-refractivity contribution in [3.63, 3.8) is 0 Å². The summed E-state index contributed by atoms with van der Waals surface area (Å²) >= 11 is 0. The average Bonchev–Trinajstić information content (AvgIpc) is 2.67. The summed E-state index contributed by atoms with van der Waals surface area (Å²) in [7, 11) is -4.10. The standard InChI is InChI=1S/C22H23NO4S/c1-3-14(4-2)17-9-6-5-8-15(17)12-16-13-19(24)21-18(22(16)25)10-7-11-20(21)28(23,26)27/h5-11,13-14H,3-4,12H2,1-2H3,(H2,23,26,27). The Morgan fingerprint density at radius 3 is 2.29 bits per heavy atom. The van der Waals surface area contributed by atoms with Crippen LogP contribution in [0.3, 0.4) is 0 Å². The van der Waals surface area contributed by atoms with Crippen LogP contribution in [-0.4, -0.2) is 20.0 Å². The van der Waals surface area contributed by atoms with Crippen LogP contribution in [0, 0.1) is 0 Å². The van der Waals surface area contributed by atoms with Crippen LogP contribution in [0.4, 0.5) is 0 Å². The largest absolute Gasteiger partial charge is 0.289 e. The van der Waals surface area contributed by atoms with Crippen molar-refractivity contribution in [1.29, 1.82) is 0 Å². The van der Waals surface area contributed by atoms with Gasteiger partial charge in [-0.15, -0.1) is 0 Å². The smallest absolute Gasteiger partial charge is 0.238 e. The first-order valence-electron chi connectivity index (χ1n) is 9.31. The molecule has 2 N–H and O–H groups in total. The van der Waals surface area contributed by atoms with Crippen LogP contribution < -0.4 is 5.14 Å². The minimum Gasteiger partial charge on any atom is -0.289 e. The fourth-order valence-corrected chi connectivity index (χ4v) is 4.60. The molecule has 0 heterocycles. The highest BCUT2D eigenvalue weighted by Gasteiger charge is 2.31. The highest BCUT2D eigenvalue weighted by Crippen LogP contribution is 2.31. The predicted molar refractivity (Wildman–Crippen MR) is 108 cm³/mol. The number of carbonyl (C=O) groups excluding carboxylic acids is 2. The molecule has 0 aliphatic heterocycles. The molecule has 0 saturated heterocycles. The van der Waals surface area contributed by atoms with Gasteiger partial charge in [0, 0.05) is 17.6 Å². The van der Waals surface area contributed by atoms with Gasteiger partial charge in [-0.1, -0.05) is 50.2 Å². The van der Waals surface area contributed by atoms with Gasteiger partial charge in [-0.3, -0.25) is 9.59 Å². The molecule has 0 unspecified atom stereocenters. The molecule has 0 saturated carbocycles. The molecule has 146 valence electrons. The first kappa shape index (κ1) is 20.2. The minimum atomic E-state index is -4.10. The summed E-state index contributed by atoms with van der Waals surface area (Å²) < 4.78 is 23.6. The van der Waals surface area contributed by atoms with Crippen LogP contribution in [0.1, 0.15) is 64.4 Å². The molecule has 5 nitrogen and oxygen atoms in total. The number of carbonyl (C=O) groups is 2. The lowest BCUT2D eigenvalue weighted by atomic mass is 9.83. The Bertz CT molecular complexity index is 1080. The van der Waals surface area contributed by atoms with Gasteiger partial charge in [0.15, 0.2) is 11.6 Å². The van der Waals surface area contributed by atoms with Crippen molar-refractivity contribution < 1.29 is 18.0 Å². The average molecular weight is 397 g/mol. The lowest BCUT2D eigenvalue weighted by molar-refractivity contribution is 0.0980. The molecule has 2 aromatic carbocycles. The Morgan fingerprint density at radius 2 is 1.64 bits per heavy atom. The number of hydrogen-bond donors (Lipinski definition) is 1. The molecule has 0 radical (unpaired) electrons. The second-order valence-corrected chi connectivity index (χ2v) is 8.51. The quantitative estimate of drug-likeness (QED) is 0.802. The summed E-state index contributed by atoms with van der Waals surface area (Å²) in [5, 5.41) is 5.22. The maximum absolute atomic E-state index is 13.0. The van der Waals surface area contributed by atoms with Crippen molar-refractivity contribution in [2.75, 3.05) is 0 Å². The monoisotopic (exact) mass is 397 g/mol. The van der Waals surface area contributed by atoms with Gasteiger partial charge in [0.2, 0.25) is 10.0 Å². The van der Waals surface area contributed by atoms with Crippen molar-refractivity contribution in [3.8, 4) is 0 Å². The lowest BCUT2D eigenvalue weighted by Gasteiger charge is -2.21. The number of sulfonamides is 1. The van der Waals surface area contributed by atoms with Crippen molar-refractivity contribution in [2.45, 2.75) is 43.9 Å². The van der Waals surface area contributed by atoms with Gasteiger partial charge in [0.1, 0.15) is 0 Å². The molecular formula is C22H23NO4S. The van der Waals surface area contributed by atoms with Crippen LogP contribution in [0.5, 0.6) is 0 Å². The molecule has 6 heteroatoms. The molecule has 1 aliphatic carbocycles. The summed E-state index contributed by atoms with van der Waals surface area (Å²) in [6.45, 7) is 4.26. The maximum atomic E-state index is 13.0. The van der Waals surface area contributed by atoms with E-state index in [1.54, 1.807) is 0 Å². The Kier molecular flexibility index (Phi) is 5.63. The number of fused-ring (bicyclic) bond motifs is 1. The Balaban J connectivity index is 2.04. The number of Topliss-reactive ketones (excluding diaryl/α,β-unsaturated/α-hetero) is 1. The third-order valence-corrected chi connectivity index (χ3v) is 6.24. The fourth-order valence-electron chi connectivity index (χ4n) is 3.84. The second-order valence-electron chi connectivity index (χ2n) is 6.98. The molecular weight excluding hydrogens is 374 g/mol. The van der Waals surface area contributed by atoms with Gasteiger partial charge in [-0.2, -0.15) is 0 Å². The summed E-state index contributed by atoms with van der Waals surface area (Å²) in [6, 6.07) is 12.1. The van der Waals surface area contributed by atoms with E-state index in [9.17, 15) is 18.0 Å². The van der Waals surface area contributed by atoms with E-state index in [2.05, 4.69) is 19.9 Å². The fraction of sp³-hybridized carbons (Fsp3) is 0.273. The first-order chi connectivity index (χ1) is 13.3. The van der Waals surface area contributed by atoms with E-state index >= 15 is 0 Å². The van der Waals surface area contributed by atoms with E-state index < -0.39 is 15.8 Å². The van der Waals surface area contributed by atoms with Gasteiger partial charge in [-0.25, -0.2) is 13.6 Å². The number of ketones is 2. The number of hydrogen-bond acceptors (Lipinski definition) is 4. The molecule has 3 rings (SSSR count). The Labute approximate surface area is 165 Å². The van der Waals surface area contributed by atoms with Gasteiger partial charge in [-0.05, 0) is 42.0 Å². The summed E-state index contributed by atoms with van der Waals surface area (Å²) in [6.07, 6.45) is 3.55. The van der Waals surface area contributed by atoms with Gasteiger partial charge in [0.25, 0.3) is 0 Å². The predicted octanol–water partition coefficient (Wildman–Crippen LogP) is 3.79. The summed E-state index contributed by atoms with van der Waals surface area (Å²) in [5.74, 6) is -0.457. The third kappa shape index (κ3) is 3.70. The van der Waals surface area contributed by atoms with Crippen LogP contribution in [-0.2, 0) is 16.4 Å². The molecule has 0 atom stereocenters. The molecule has 2 aromatic rings. The lowest BCUT2D eigenvalue weighted by Crippen LogP contribution is -2.24. The third-order valence-electron chi connectivity index (χ3n) is 5.28. The van der Waals surface area contributed by atoms with Gasteiger partial charge in [0.05, 0.1) is 10.5 Å². The molecule has 0 spiro atoms. The SMILES string of the molecule is CCC(CC)c1ccccc1CC1=CC(=O)c2c(cccc2S(N)(=O)=O)C1=O. The van der Waals surface area contributed by atoms with Crippen LogP contribution in [0.25, 0.3) is 0 Å². The van der Waals surface area contributed by atoms with E-state index in [0.717, 1.165) is 18.4 Å². The Hall–Kier alpha value is -2.57. The zero-order valence-electron chi connectivity index (χ0n) is 15.9. The van der Waals surface area contributed by atoms with E-state index in [-0.39, 0.29) is 21.8 Å². The Morgan fingerprint density at radius 1 is 0.964 bits per heavy atom. The molecule has 0 fully saturated rings. The van der Waals surface area contributed by atoms with Crippen LogP contribution in [0.15, 0.2) is 59.0 Å². The van der Waals surface area contributed by atoms with E-state index in [0.29, 0.717) is 17.9 Å². The van der Waals surface area contributed by atoms with Crippen molar-refractivity contribution in [2.24, 2.45) is 5.14 Å². The number of allylic oxidation sites excluding steroid dienone is 2. The molecule has 28 heavy (non-hydrogen) atoms. The number of nitrogens with two attached hydrogens (primary N) is 1. The zero-order valence-corrected chi connectivity index (χ0v) is 16.8. The molecule has 0 bridgehead atoms. The van der Waals surface area contributed by atoms with E-state index in [1.165, 1.54) is 29.8 Å². The van der Waals surface area contributed by atoms with Crippen LogP contribution in [0.2, 0.25) is 0 Å². The first-order valence-corrected chi connectivity index (χ1v) is 10.9. The highest BCUT2D eigenvalue weighted by molar-refractivity contribution is 7.89. The van der Waals surface area contributed by atoms with E-state index in [4.69, 9.17) is 5.14 Å². The molecule has 0 amide bonds. The zero-order chi connectivity index (χ0) is 20.5. The maximum Gasteiger partial charge on any atom is 0.238 e. The van der Waals surface area contributed by atoms with Gasteiger partial charge >= 0.3 is 0 Å². The topological polar surface area (TPSA) is 94.3 Å². The van der Waals surface area contributed by atoms with Gasteiger partial charge < -0.3 is 0 Å². The van der Waals surface area contributed by atoms with Crippen molar-refractivity contribution >= 4 is 21.6 Å². The molecule has 1 aliphatic rings. The normalized spacial score (nSPS) is 14.2. The highest BCUT2D eigenvalue weighted by atomic mass is 32.2. The number of primary sulfonamides is 1. The number of benzene rings is 2. The van der Waals surface area contributed by atoms with Crippen molar-refractivity contribution in [3.05, 3.63) is 76.4 Å². The number of rotatable bonds is 6. The summed E-state index contributed by atoms with van der Waals surface area (Å²) in [4.78, 5) is 25.4. The molecule has 0 aromatic heterocycles.